The fourth-order valence-electron chi connectivity index (χ4n) is 4.02. The largest absolute Gasteiger partial charge is 0.353 e. The molecule has 2 aromatic carbocycles. The Bertz CT molecular complexity index is 1120. The normalized spacial score (nSPS) is 19.2. The van der Waals surface area contributed by atoms with Crippen molar-refractivity contribution in [2.45, 2.75) is 25.3 Å². The summed E-state index contributed by atoms with van der Waals surface area (Å²) in [6.07, 6.45) is 3.25. The first-order chi connectivity index (χ1) is 16.4. The Morgan fingerprint density at radius 2 is 1.82 bits per heavy atom. The van der Waals surface area contributed by atoms with Crippen molar-refractivity contribution >= 4 is 52.4 Å². The number of benzene rings is 2. The number of hydrogen-bond donors (Lipinski definition) is 1. The lowest BCUT2D eigenvalue weighted by molar-refractivity contribution is -0.138. The smallest absolute Gasteiger partial charge is 0.293 e. The van der Waals surface area contributed by atoms with E-state index in [1.165, 1.54) is 0 Å². The standard InChI is InChI=1S/C25H24ClN3O4S/c26-19-10-8-18(9-11-19)15-21-24(32)29(25(33)34-21)14-12-27-23(31)20-7-4-13-28(20)22(30)16-17-5-2-1-3-6-17/h1-3,5-6,8-11,15,20H,4,7,12-14,16H2,(H,27,31)/b21-15-. The summed E-state index contributed by atoms with van der Waals surface area (Å²) in [6, 6.07) is 15.9. The van der Waals surface area contributed by atoms with Gasteiger partial charge in [0.05, 0.1) is 11.3 Å². The third-order valence-corrected chi connectivity index (χ3v) is 6.91. The summed E-state index contributed by atoms with van der Waals surface area (Å²) in [6.45, 7) is 0.740. The van der Waals surface area contributed by atoms with E-state index in [1.807, 2.05) is 30.3 Å². The van der Waals surface area contributed by atoms with Gasteiger partial charge in [-0.15, -0.1) is 0 Å². The molecule has 0 radical (unpaired) electrons. The van der Waals surface area contributed by atoms with Crippen LogP contribution in [0, 0.1) is 0 Å². The molecule has 2 aliphatic rings. The van der Waals surface area contributed by atoms with Crippen molar-refractivity contribution in [2.75, 3.05) is 19.6 Å². The molecule has 7 nitrogen and oxygen atoms in total. The summed E-state index contributed by atoms with van der Waals surface area (Å²) in [4.78, 5) is 53.6. The molecule has 2 aromatic rings. The van der Waals surface area contributed by atoms with Crippen LogP contribution in [-0.2, 0) is 20.8 Å². The number of carbonyl (C=O) groups is 4. The van der Waals surface area contributed by atoms with E-state index in [0.717, 1.165) is 34.2 Å². The van der Waals surface area contributed by atoms with Gasteiger partial charge in [-0.3, -0.25) is 24.1 Å². The average molecular weight is 498 g/mol. The Balaban J connectivity index is 1.30. The molecule has 2 fully saturated rings. The number of hydrogen-bond acceptors (Lipinski definition) is 5. The van der Waals surface area contributed by atoms with Crippen LogP contribution < -0.4 is 5.32 Å². The first-order valence-electron chi connectivity index (χ1n) is 11.0. The van der Waals surface area contributed by atoms with Gasteiger partial charge in [0, 0.05) is 24.7 Å². The third kappa shape index (κ3) is 5.69. The van der Waals surface area contributed by atoms with Crippen molar-refractivity contribution in [1.82, 2.24) is 15.1 Å². The number of halogens is 1. The van der Waals surface area contributed by atoms with E-state index in [1.54, 1.807) is 35.2 Å². The van der Waals surface area contributed by atoms with Gasteiger partial charge in [0.1, 0.15) is 6.04 Å². The topological polar surface area (TPSA) is 86.8 Å². The maximum Gasteiger partial charge on any atom is 0.293 e. The van der Waals surface area contributed by atoms with Crippen LogP contribution in [0.1, 0.15) is 24.0 Å². The molecule has 1 unspecified atom stereocenters. The first kappa shape index (κ1) is 24.0. The molecular weight excluding hydrogens is 474 g/mol. The number of amides is 4. The third-order valence-electron chi connectivity index (χ3n) is 5.75. The van der Waals surface area contributed by atoms with Crippen LogP contribution in [0.2, 0.25) is 5.02 Å². The predicted molar refractivity (Wildman–Crippen MR) is 132 cm³/mol. The molecular formula is C25H24ClN3O4S. The Morgan fingerprint density at radius 3 is 2.56 bits per heavy atom. The predicted octanol–water partition coefficient (Wildman–Crippen LogP) is 3.73. The number of imide groups is 1. The Hall–Kier alpha value is -3.10. The summed E-state index contributed by atoms with van der Waals surface area (Å²) < 4.78 is 0. The van der Waals surface area contributed by atoms with Crippen LogP contribution in [0.3, 0.4) is 0 Å². The van der Waals surface area contributed by atoms with E-state index in [9.17, 15) is 19.2 Å². The first-order valence-corrected chi connectivity index (χ1v) is 12.2. The number of carbonyl (C=O) groups excluding carboxylic acids is 4. The van der Waals surface area contributed by atoms with Gasteiger partial charge in [-0.2, -0.15) is 0 Å². The summed E-state index contributed by atoms with van der Waals surface area (Å²) in [5.41, 5.74) is 1.68. The summed E-state index contributed by atoms with van der Waals surface area (Å²) >= 11 is 6.75. The molecule has 1 N–H and O–H groups in total. The van der Waals surface area contributed by atoms with Gasteiger partial charge in [0.15, 0.2) is 0 Å². The highest BCUT2D eigenvalue weighted by atomic mass is 35.5. The molecule has 2 saturated heterocycles. The molecule has 4 amide bonds. The van der Waals surface area contributed by atoms with Crippen LogP contribution in [0.5, 0.6) is 0 Å². The summed E-state index contributed by atoms with van der Waals surface area (Å²) in [5, 5.41) is 3.00. The molecule has 0 spiro atoms. The highest BCUT2D eigenvalue weighted by Gasteiger charge is 2.36. The molecule has 34 heavy (non-hydrogen) atoms. The molecule has 4 rings (SSSR count). The van der Waals surface area contributed by atoms with Gasteiger partial charge in [0.2, 0.25) is 11.8 Å². The van der Waals surface area contributed by atoms with E-state index in [4.69, 9.17) is 11.6 Å². The van der Waals surface area contributed by atoms with Gasteiger partial charge in [-0.1, -0.05) is 54.1 Å². The van der Waals surface area contributed by atoms with Crippen molar-refractivity contribution in [2.24, 2.45) is 0 Å². The molecule has 2 aliphatic heterocycles. The number of thioether (sulfide) groups is 1. The molecule has 0 bridgehead atoms. The minimum atomic E-state index is -0.532. The van der Waals surface area contributed by atoms with Gasteiger partial charge in [0.25, 0.3) is 11.1 Å². The maximum absolute atomic E-state index is 12.8. The van der Waals surface area contributed by atoms with Crippen molar-refractivity contribution in [1.29, 1.82) is 0 Å². The number of nitrogens with one attached hydrogen (secondary N) is 1. The number of rotatable bonds is 7. The molecule has 176 valence electrons. The van der Waals surface area contributed by atoms with Gasteiger partial charge in [-0.05, 0) is 53.9 Å². The van der Waals surface area contributed by atoms with Crippen LogP contribution >= 0.6 is 23.4 Å². The summed E-state index contributed by atoms with van der Waals surface area (Å²) in [7, 11) is 0. The Kier molecular flexibility index (Phi) is 7.70. The monoisotopic (exact) mass is 497 g/mol. The zero-order valence-corrected chi connectivity index (χ0v) is 20.0. The van der Waals surface area contributed by atoms with Crippen LogP contribution in [-0.4, -0.2) is 58.4 Å². The molecule has 0 aliphatic carbocycles. The Labute approximate surface area is 207 Å². The Morgan fingerprint density at radius 1 is 1.09 bits per heavy atom. The molecule has 2 heterocycles. The van der Waals surface area contributed by atoms with Crippen LogP contribution in [0.4, 0.5) is 4.79 Å². The average Bonchev–Trinajstić information content (AvgIpc) is 3.42. The van der Waals surface area contributed by atoms with Crippen molar-refractivity contribution in [3.63, 3.8) is 0 Å². The van der Waals surface area contributed by atoms with E-state index in [2.05, 4.69) is 5.32 Å². The van der Waals surface area contributed by atoms with Gasteiger partial charge < -0.3 is 10.2 Å². The lowest BCUT2D eigenvalue weighted by atomic mass is 10.1. The van der Waals surface area contributed by atoms with E-state index in [-0.39, 0.29) is 42.5 Å². The number of nitrogens with zero attached hydrogens (tertiary/aromatic N) is 2. The van der Waals surface area contributed by atoms with Crippen molar-refractivity contribution in [3.05, 3.63) is 75.7 Å². The minimum Gasteiger partial charge on any atom is -0.353 e. The maximum atomic E-state index is 12.8. The van der Waals surface area contributed by atoms with E-state index < -0.39 is 6.04 Å². The van der Waals surface area contributed by atoms with Crippen LogP contribution in [0.25, 0.3) is 6.08 Å². The highest BCUT2D eigenvalue weighted by Crippen LogP contribution is 2.32. The minimum absolute atomic E-state index is 0.0685. The molecule has 1 atom stereocenters. The van der Waals surface area contributed by atoms with E-state index >= 15 is 0 Å². The van der Waals surface area contributed by atoms with E-state index in [0.29, 0.717) is 22.9 Å². The van der Waals surface area contributed by atoms with Gasteiger partial charge >= 0.3 is 0 Å². The highest BCUT2D eigenvalue weighted by molar-refractivity contribution is 8.18. The lowest BCUT2D eigenvalue weighted by Crippen LogP contribution is -2.48. The fourth-order valence-corrected chi connectivity index (χ4v) is 5.01. The van der Waals surface area contributed by atoms with Gasteiger partial charge in [-0.25, -0.2) is 0 Å². The van der Waals surface area contributed by atoms with Crippen LogP contribution in [0.15, 0.2) is 59.5 Å². The zero-order valence-electron chi connectivity index (χ0n) is 18.4. The second kappa shape index (κ2) is 10.9. The zero-order chi connectivity index (χ0) is 24.1. The molecule has 9 heteroatoms. The second-order valence-electron chi connectivity index (χ2n) is 8.08. The molecule has 0 aromatic heterocycles. The molecule has 0 saturated carbocycles. The fraction of sp³-hybridized carbons (Fsp3) is 0.280. The van der Waals surface area contributed by atoms with Crippen molar-refractivity contribution in [3.8, 4) is 0 Å². The SMILES string of the molecule is O=C(NCCN1C(=O)S/C(=C\c2ccc(Cl)cc2)C1=O)C1CCCN1C(=O)Cc1ccccc1. The second-order valence-corrected chi connectivity index (χ2v) is 9.51. The van der Waals surface area contributed by atoms with Crippen molar-refractivity contribution < 1.29 is 19.2 Å². The lowest BCUT2D eigenvalue weighted by Gasteiger charge is -2.24. The quantitative estimate of drug-likeness (QED) is 0.589. The number of likely N-dealkylation sites (tertiary alicyclic amines) is 1. The summed E-state index contributed by atoms with van der Waals surface area (Å²) in [5.74, 6) is -0.732.